The van der Waals surface area contributed by atoms with Gasteiger partial charge in [-0.05, 0) is 39.0 Å². The molecule has 1 aliphatic rings. The Bertz CT molecular complexity index is 892. The Morgan fingerprint density at radius 3 is 2.61 bits per heavy atom. The largest absolute Gasteiger partial charge is 0.496 e. The Morgan fingerprint density at radius 2 is 1.96 bits per heavy atom. The van der Waals surface area contributed by atoms with Gasteiger partial charge in [-0.15, -0.1) is 0 Å². The van der Waals surface area contributed by atoms with E-state index in [4.69, 9.17) is 14.2 Å². The maximum absolute atomic E-state index is 12.4. The van der Waals surface area contributed by atoms with Crippen LogP contribution in [-0.4, -0.2) is 58.5 Å². The molecule has 0 radical (unpaired) electrons. The summed E-state index contributed by atoms with van der Waals surface area (Å²) in [5.74, 6) is -0.0314. The lowest BCUT2D eigenvalue weighted by Gasteiger charge is -2.26. The molecule has 1 saturated heterocycles. The fourth-order valence-corrected chi connectivity index (χ4v) is 3.22. The van der Waals surface area contributed by atoms with Crippen molar-refractivity contribution in [2.24, 2.45) is 0 Å². The topological polar surface area (TPSA) is 98.2 Å². The number of likely N-dealkylation sites (tertiary alicyclic amines) is 1. The average Bonchev–Trinajstić information content (AvgIpc) is 3.04. The minimum Gasteiger partial charge on any atom is -0.496 e. The van der Waals surface area contributed by atoms with E-state index in [0.29, 0.717) is 11.6 Å². The molecule has 1 N–H and O–H groups in total. The molecule has 0 saturated carbocycles. The zero-order valence-corrected chi connectivity index (χ0v) is 16.3. The molecule has 8 heteroatoms. The standard InChI is InChI=1S/C20H24N2O6/c1-20(2,3)28-19(25)22-11-12(10-15(22)18(23)24)27-17-14-6-5-7-16(26-4)13(14)8-9-21-17/h5-9,12,15H,10-11H2,1-4H3,(H,23,24)/t12?,15-/m0/s1. The summed E-state index contributed by atoms with van der Waals surface area (Å²) in [7, 11) is 1.59. The molecule has 0 aliphatic carbocycles. The monoisotopic (exact) mass is 388 g/mol. The predicted octanol–water partition coefficient (Wildman–Crippen LogP) is 3.08. The highest BCUT2D eigenvalue weighted by molar-refractivity contribution is 5.91. The van der Waals surface area contributed by atoms with Crippen molar-refractivity contribution in [2.75, 3.05) is 13.7 Å². The van der Waals surface area contributed by atoms with Crippen LogP contribution in [0.25, 0.3) is 10.8 Å². The first-order valence-electron chi connectivity index (χ1n) is 9.00. The van der Waals surface area contributed by atoms with E-state index in [1.165, 1.54) is 4.90 Å². The Labute approximate surface area is 163 Å². The van der Waals surface area contributed by atoms with Crippen LogP contribution in [0.1, 0.15) is 27.2 Å². The van der Waals surface area contributed by atoms with Crippen LogP contribution in [0.2, 0.25) is 0 Å². The summed E-state index contributed by atoms with van der Waals surface area (Å²) >= 11 is 0. The molecule has 2 heterocycles. The number of carboxylic acid groups (broad SMARTS) is 1. The third kappa shape index (κ3) is 4.11. The van der Waals surface area contributed by atoms with Gasteiger partial charge in [0.25, 0.3) is 0 Å². The van der Waals surface area contributed by atoms with Crippen molar-refractivity contribution in [3.63, 3.8) is 0 Å². The molecule has 150 valence electrons. The number of rotatable bonds is 4. The Kier molecular flexibility index (Phi) is 5.31. The van der Waals surface area contributed by atoms with Crippen molar-refractivity contribution in [2.45, 2.75) is 44.9 Å². The van der Waals surface area contributed by atoms with Crippen LogP contribution in [0.5, 0.6) is 11.6 Å². The molecule has 0 bridgehead atoms. The predicted molar refractivity (Wildman–Crippen MR) is 102 cm³/mol. The molecular formula is C20H24N2O6. The van der Waals surface area contributed by atoms with E-state index in [1.54, 1.807) is 34.1 Å². The van der Waals surface area contributed by atoms with Gasteiger partial charge in [-0.1, -0.05) is 6.07 Å². The number of benzene rings is 1. The van der Waals surface area contributed by atoms with Crippen LogP contribution in [-0.2, 0) is 9.53 Å². The molecule has 1 aromatic carbocycles. The molecule has 28 heavy (non-hydrogen) atoms. The molecular weight excluding hydrogens is 364 g/mol. The number of carbonyl (C=O) groups is 2. The average molecular weight is 388 g/mol. The van der Waals surface area contributed by atoms with Crippen molar-refractivity contribution in [1.82, 2.24) is 9.88 Å². The molecule has 8 nitrogen and oxygen atoms in total. The first-order chi connectivity index (χ1) is 13.2. The number of ether oxygens (including phenoxy) is 3. The smallest absolute Gasteiger partial charge is 0.411 e. The van der Waals surface area contributed by atoms with Gasteiger partial charge in [0.05, 0.1) is 13.7 Å². The zero-order valence-electron chi connectivity index (χ0n) is 16.3. The van der Waals surface area contributed by atoms with Crippen LogP contribution in [0.3, 0.4) is 0 Å². The van der Waals surface area contributed by atoms with Crippen molar-refractivity contribution in [1.29, 1.82) is 0 Å². The number of pyridine rings is 1. The molecule has 2 aromatic rings. The highest BCUT2D eigenvalue weighted by Crippen LogP contribution is 2.32. The lowest BCUT2D eigenvalue weighted by atomic mass is 10.1. The van der Waals surface area contributed by atoms with Gasteiger partial charge in [-0.3, -0.25) is 4.90 Å². The van der Waals surface area contributed by atoms with E-state index in [0.717, 1.165) is 10.8 Å². The highest BCUT2D eigenvalue weighted by Gasteiger charge is 2.43. The Morgan fingerprint density at radius 1 is 1.21 bits per heavy atom. The van der Waals surface area contributed by atoms with Gasteiger partial charge < -0.3 is 19.3 Å². The fraction of sp³-hybridized carbons (Fsp3) is 0.450. The van der Waals surface area contributed by atoms with Gasteiger partial charge >= 0.3 is 12.1 Å². The van der Waals surface area contributed by atoms with Crippen molar-refractivity contribution < 1.29 is 28.9 Å². The number of carboxylic acids is 1. The Balaban J connectivity index is 1.83. The third-order valence-corrected chi connectivity index (χ3v) is 4.40. The summed E-state index contributed by atoms with van der Waals surface area (Å²) < 4.78 is 16.7. The van der Waals surface area contributed by atoms with Crippen molar-refractivity contribution >= 4 is 22.8 Å². The summed E-state index contributed by atoms with van der Waals surface area (Å²) in [4.78, 5) is 29.5. The van der Waals surface area contributed by atoms with Crippen LogP contribution in [0.15, 0.2) is 30.5 Å². The minimum atomic E-state index is -1.09. The first-order valence-corrected chi connectivity index (χ1v) is 9.00. The molecule has 3 rings (SSSR count). The molecule has 1 aromatic heterocycles. The summed E-state index contributed by atoms with van der Waals surface area (Å²) in [6.45, 7) is 5.31. The second-order valence-electron chi connectivity index (χ2n) is 7.63. The van der Waals surface area contributed by atoms with Crippen molar-refractivity contribution in [3.8, 4) is 11.6 Å². The van der Waals surface area contributed by atoms with Crippen molar-refractivity contribution in [3.05, 3.63) is 30.5 Å². The van der Waals surface area contributed by atoms with Crippen LogP contribution >= 0.6 is 0 Å². The number of fused-ring (bicyclic) bond motifs is 1. The third-order valence-electron chi connectivity index (χ3n) is 4.40. The van der Waals surface area contributed by atoms with E-state index < -0.39 is 29.8 Å². The maximum atomic E-state index is 12.4. The lowest BCUT2D eigenvalue weighted by molar-refractivity contribution is -0.142. The summed E-state index contributed by atoms with van der Waals surface area (Å²) in [5.41, 5.74) is -0.715. The van der Waals surface area contributed by atoms with Gasteiger partial charge in [0.2, 0.25) is 5.88 Å². The van der Waals surface area contributed by atoms with Crippen LogP contribution in [0.4, 0.5) is 4.79 Å². The number of methoxy groups -OCH3 is 1. The minimum absolute atomic E-state index is 0.105. The number of aliphatic carboxylic acids is 1. The van der Waals surface area contributed by atoms with Crippen LogP contribution in [0, 0.1) is 0 Å². The number of hydrogen-bond acceptors (Lipinski definition) is 6. The van der Waals surface area contributed by atoms with E-state index >= 15 is 0 Å². The van der Waals surface area contributed by atoms with Gasteiger partial charge in [-0.25, -0.2) is 14.6 Å². The number of nitrogens with zero attached hydrogens (tertiary/aromatic N) is 2. The number of carbonyl (C=O) groups excluding carboxylic acids is 1. The van der Waals surface area contributed by atoms with E-state index in [9.17, 15) is 14.7 Å². The summed E-state index contributed by atoms with van der Waals surface area (Å²) in [5, 5.41) is 11.1. The number of hydrogen-bond donors (Lipinski definition) is 1. The van der Waals surface area contributed by atoms with Gasteiger partial charge in [0.15, 0.2) is 0 Å². The van der Waals surface area contributed by atoms with E-state index in [1.807, 2.05) is 24.3 Å². The van der Waals surface area contributed by atoms with Crippen LogP contribution < -0.4 is 9.47 Å². The second kappa shape index (κ2) is 7.53. The second-order valence-corrected chi connectivity index (χ2v) is 7.63. The SMILES string of the molecule is COc1cccc2c(OC3C[C@@H](C(=O)O)N(C(=O)OC(C)(C)C)C3)nccc12. The lowest BCUT2D eigenvalue weighted by Crippen LogP contribution is -2.43. The van der Waals surface area contributed by atoms with E-state index in [2.05, 4.69) is 4.98 Å². The Hall–Kier alpha value is -3.03. The first kappa shape index (κ1) is 19.7. The molecule has 1 amide bonds. The normalized spacial score (nSPS) is 19.5. The summed E-state index contributed by atoms with van der Waals surface area (Å²) in [6, 6.07) is 6.34. The summed E-state index contributed by atoms with van der Waals surface area (Å²) in [6.07, 6.45) is 0.572. The molecule has 1 aliphatic heterocycles. The number of amides is 1. The molecule has 0 spiro atoms. The highest BCUT2D eigenvalue weighted by atomic mass is 16.6. The quantitative estimate of drug-likeness (QED) is 0.859. The molecule has 1 fully saturated rings. The molecule has 1 unspecified atom stereocenters. The van der Waals surface area contributed by atoms with Gasteiger partial charge in [0.1, 0.15) is 23.5 Å². The van der Waals surface area contributed by atoms with E-state index in [-0.39, 0.29) is 13.0 Å². The molecule has 2 atom stereocenters. The maximum Gasteiger partial charge on any atom is 0.411 e. The fourth-order valence-electron chi connectivity index (χ4n) is 3.22. The zero-order chi connectivity index (χ0) is 20.5. The van der Waals surface area contributed by atoms with Gasteiger partial charge in [0, 0.05) is 23.4 Å². The number of aromatic nitrogens is 1. The van der Waals surface area contributed by atoms with Gasteiger partial charge in [-0.2, -0.15) is 0 Å².